The van der Waals surface area contributed by atoms with Gasteiger partial charge in [-0.05, 0) is 38.1 Å². The molecule has 0 saturated carbocycles. The minimum Gasteiger partial charge on any atom is -0.480 e. The maximum absolute atomic E-state index is 12.7. The molecule has 0 heterocycles. The lowest BCUT2D eigenvalue weighted by Gasteiger charge is -2.24. The van der Waals surface area contributed by atoms with Gasteiger partial charge >= 0.3 is 5.97 Å². The first-order valence-electron chi connectivity index (χ1n) is 9.83. The van der Waals surface area contributed by atoms with Gasteiger partial charge in [-0.3, -0.25) is 19.2 Å². The number of nitrogens with one attached hydrogen (secondary N) is 3. The molecular formula is C18H34N6O6. The first-order chi connectivity index (χ1) is 14.0. The minimum absolute atomic E-state index is 0.0168. The Labute approximate surface area is 175 Å². The van der Waals surface area contributed by atoms with Crippen molar-refractivity contribution >= 4 is 29.6 Å². The van der Waals surface area contributed by atoms with Crippen molar-refractivity contribution in [2.24, 2.45) is 23.1 Å². The zero-order chi connectivity index (χ0) is 23.3. The van der Waals surface area contributed by atoms with Gasteiger partial charge in [-0.2, -0.15) is 0 Å². The van der Waals surface area contributed by atoms with Gasteiger partial charge in [-0.25, -0.2) is 4.79 Å². The van der Waals surface area contributed by atoms with Crippen LogP contribution in [0.15, 0.2) is 0 Å². The van der Waals surface area contributed by atoms with Crippen LogP contribution in [0.25, 0.3) is 0 Å². The molecule has 172 valence electrons. The molecule has 0 aliphatic rings. The summed E-state index contributed by atoms with van der Waals surface area (Å²) in [5.41, 5.74) is 15.8. The van der Waals surface area contributed by atoms with Crippen molar-refractivity contribution in [3.05, 3.63) is 0 Å². The van der Waals surface area contributed by atoms with Crippen molar-refractivity contribution in [2.75, 3.05) is 13.1 Å². The normalized spacial score (nSPS) is 13.8. The van der Waals surface area contributed by atoms with Gasteiger partial charge in [0, 0.05) is 0 Å². The molecule has 0 fully saturated rings. The van der Waals surface area contributed by atoms with Crippen LogP contribution in [0.3, 0.4) is 0 Å². The summed E-state index contributed by atoms with van der Waals surface area (Å²) in [5, 5.41) is 16.5. The number of aliphatic carboxylic acids is 1. The lowest BCUT2D eigenvalue weighted by atomic mass is 10.0. The second-order valence-electron chi connectivity index (χ2n) is 7.37. The summed E-state index contributed by atoms with van der Waals surface area (Å²) in [5.74, 6) is -4.17. The number of nitrogens with two attached hydrogens (primary N) is 3. The van der Waals surface area contributed by atoms with Crippen LogP contribution in [0, 0.1) is 5.92 Å². The summed E-state index contributed by atoms with van der Waals surface area (Å²) in [4.78, 5) is 59.5. The maximum atomic E-state index is 12.7. The van der Waals surface area contributed by atoms with E-state index in [4.69, 9.17) is 17.2 Å². The Balaban J connectivity index is 5.37. The largest absolute Gasteiger partial charge is 0.480 e. The Kier molecular flexibility index (Phi) is 13.0. The number of carbonyl (C=O) groups excluding carboxylic acids is 4. The molecule has 30 heavy (non-hydrogen) atoms. The van der Waals surface area contributed by atoms with Gasteiger partial charge in [-0.1, -0.05) is 13.8 Å². The van der Waals surface area contributed by atoms with Crippen LogP contribution in [0.2, 0.25) is 0 Å². The van der Waals surface area contributed by atoms with Gasteiger partial charge in [0.1, 0.15) is 18.1 Å². The Bertz CT molecular complexity index is 612. The number of carboxylic acid groups (broad SMARTS) is 1. The van der Waals surface area contributed by atoms with E-state index in [2.05, 4.69) is 16.0 Å². The highest BCUT2D eigenvalue weighted by atomic mass is 16.4. The summed E-state index contributed by atoms with van der Waals surface area (Å²) in [7, 11) is 0. The molecule has 0 aromatic rings. The summed E-state index contributed by atoms with van der Waals surface area (Å²) in [6.45, 7) is 3.61. The average Bonchev–Trinajstić information content (AvgIpc) is 2.65. The molecule has 0 saturated heterocycles. The molecule has 0 bridgehead atoms. The standard InChI is InChI=1S/C18H34N6O6/c1-10(2)7-13(18(29)30)24-16(27)11(5-3-4-6-19)23-17(28)12(8-14(21)25)22-15(26)9-20/h10-13H,3-9,19-20H2,1-2H3,(H2,21,25)(H,22,26)(H,23,28)(H,24,27)(H,29,30). The van der Waals surface area contributed by atoms with Crippen LogP contribution >= 0.6 is 0 Å². The summed E-state index contributed by atoms with van der Waals surface area (Å²) < 4.78 is 0. The Hall–Kier alpha value is -2.73. The van der Waals surface area contributed by atoms with Crippen LogP contribution in [0.4, 0.5) is 0 Å². The molecule has 0 aromatic carbocycles. The van der Waals surface area contributed by atoms with Crippen LogP contribution in [-0.2, 0) is 24.0 Å². The first kappa shape index (κ1) is 27.3. The fourth-order valence-corrected chi connectivity index (χ4v) is 2.66. The molecule has 0 spiro atoms. The van der Waals surface area contributed by atoms with Gasteiger partial charge < -0.3 is 38.3 Å². The predicted molar refractivity (Wildman–Crippen MR) is 109 cm³/mol. The van der Waals surface area contributed by atoms with Crippen molar-refractivity contribution in [1.29, 1.82) is 0 Å². The Morgan fingerprint density at radius 2 is 1.43 bits per heavy atom. The van der Waals surface area contributed by atoms with Crippen molar-refractivity contribution in [3.63, 3.8) is 0 Å². The third-order valence-electron chi connectivity index (χ3n) is 4.14. The van der Waals surface area contributed by atoms with E-state index in [0.29, 0.717) is 19.4 Å². The van der Waals surface area contributed by atoms with Crippen LogP contribution < -0.4 is 33.2 Å². The van der Waals surface area contributed by atoms with E-state index in [1.54, 1.807) is 0 Å². The molecule has 0 aromatic heterocycles. The number of unbranched alkanes of at least 4 members (excludes halogenated alkanes) is 1. The number of carboxylic acids is 1. The third-order valence-corrected chi connectivity index (χ3v) is 4.14. The highest BCUT2D eigenvalue weighted by Gasteiger charge is 2.30. The maximum Gasteiger partial charge on any atom is 0.326 e. The second-order valence-corrected chi connectivity index (χ2v) is 7.37. The summed E-state index contributed by atoms with van der Waals surface area (Å²) >= 11 is 0. The van der Waals surface area contributed by atoms with Crippen molar-refractivity contribution in [1.82, 2.24) is 16.0 Å². The number of rotatable bonds is 15. The smallest absolute Gasteiger partial charge is 0.326 e. The van der Waals surface area contributed by atoms with E-state index in [9.17, 15) is 29.1 Å². The number of primary amides is 1. The van der Waals surface area contributed by atoms with E-state index < -0.39 is 60.7 Å². The molecule has 3 atom stereocenters. The van der Waals surface area contributed by atoms with Crippen molar-refractivity contribution in [2.45, 2.75) is 64.1 Å². The van der Waals surface area contributed by atoms with Gasteiger partial charge in [0.05, 0.1) is 13.0 Å². The summed E-state index contributed by atoms with van der Waals surface area (Å²) in [6.07, 6.45) is 0.993. The topological polar surface area (TPSA) is 220 Å². The number of carbonyl (C=O) groups is 5. The SMILES string of the molecule is CC(C)CC(NC(=O)C(CCCCN)NC(=O)C(CC(N)=O)NC(=O)CN)C(=O)O. The summed E-state index contributed by atoms with van der Waals surface area (Å²) in [6, 6.07) is -3.51. The second kappa shape index (κ2) is 14.3. The fourth-order valence-electron chi connectivity index (χ4n) is 2.66. The molecule has 3 unspecified atom stereocenters. The molecule has 12 nitrogen and oxygen atoms in total. The molecule has 0 radical (unpaired) electrons. The lowest BCUT2D eigenvalue weighted by molar-refractivity contribution is -0.143. The van der Waals surface area contributed by atoms with Crippen molar-refractivity contribution in [3.8, 4) is 0 Å². The Morgan fingerprint density at radius 1 is 0.867 bits per heavy atom. The van der Waals surface area contributed by atoms with E-state index >= 15 is 0 Å². The quantitative estimate of drug-likeness (QED) is 0.138. The highest BCUT2D eigenvalue weighted by molar-refractivity contribution is 5.95. The highest BCUT2D eigenvalue weighted by Crippen LogP contribution is 2.08. The van der Waals surface area contributed by atoms with E-state index in [0.717, 1.165) is 0 Å². The molecule has 10 N–H and O–H groups in total. The van der Waals surface area contributed by atoms with Crippen LogP contribution in [0.5, 0.6) is 0 Å². The Morgan fingerprint density at radius 3 is 1.90 bits per heavy atom. The van der Waals surface area contributed by atoms with Crippen LogP contribution in [-0.4, -0.2) is 65.9 Å². The van der Waals surface area contributed by atoms with Gasteiger partial charge in [0.15, 0.2) is 0 Å². The molecule has 0 rings (SSSR count). The monoisotopic (exact) mass is 430 g/mol. The zero-order valence-electron chi connectivity index (χ0n) is 17.5. The number of hydrogen-bond donors (Lipinski definition) is 7. The van der Waals surface area contributed by atoms with Gasteiger partial charge in [0.25, 0.3) is 0 Å². The van der Waals surface area contributed by atoms with E-state index in [1.807, 2.05) is 13.8 Å². The number of hydrogen-bond acceptors (Lipinski definition) is 7. The van der Waals surface area contributed by atoms with Crippen LogP contribution in [0.1, 0.15) is 46.0 Å². The van der Waals surface area contributed by atoms with E-state index in [-0.39, 0.29) is 18.8 Å². The molecule has 4 amide bonds. The number of amides is 4. The zero-order valence-corrected chi connectivity index (χ0v) is 17.5. The first-order valence-corrected chi connectivity index (χ1v) is 9.83. The van der Waals surface area contributed by atoms with Crippen molar-refractivity contribution < 1.29 is 29.1 Å². The molecule has 12 heteroatoms. The van der Waals surface area contributed by atoms with Gasteiger partial charge in [0.2, 0.25) is 23.6 Å². The predicted octanol–water partition coefficient (Wildman–Crippen LogP) is -2.47. The molecular weight excluding hydrogens is 396 g/mol. The van der Waals surface area contributed by atoms with E-state index in [1.165, 1.54) is 0 Å². The lowest BCUT2D eigenvalue weighted by Crippen LogP contribution is -2.56. The average molecular weight is 431 g/mol. The fraction of sp³-hybridized carbons (Fsp3) is 0.722. The minimum atomic E-state index is -1.31. The van der Waals surface area contributed by atoms with Gasteiger partial charge in [-0.15, -0.1) is 0 Å². The molecule has 0 aliphatic carbocycles. The molecule has 0 aliphatic heterocycles. The third kappa shape index (κ3) is 11.3.